The molecule has 3 rings (SSSR count). The van der Waals surface area contributed by atoms with Crippen molar-refractivity contribution < 1.29 is 9.53 Å². The maximum atomic E-state index is 12.2. The second kappa shape index (κ2) is 7.43. The molecule has 25 heavy (non-hydrogen) atoms. The molecule has 0 unspecified atom stereocenters. The fraction of sp³-hybridized carbons (Fsp3) is 0.706. The second-order valence-electron chi connectivity index (χ2n) is 7.02. The summed E-state index contributed by atoms with van der Waals surface area (Å²) in [7, 11) is 3.41. The van der Waals surface area contributed by atoms with Crippen LogP contribution in [-0.2, 0) is 11.8 Å². The lowest BCUT2D eigenvalue weighted by Crippen LogP contribution is -2.55. The van der Waals surface area contributed by atoms with Gasteiger partial charge in [-0.15, -0.1) is 0 Å². The van der Waals surface area contributed by atoms with Gasteiger partial charge in [0.05, 0.1) is 5.60 Å². The van der Waals surface area contributed by atoms with Crippen molar-refractivity contribution in [1.82, 2.24) is 20.2 Å². The summed E-state index contributed by atoms with van der Waals surface area (Å²) in [6.07, 6.45) is 8.20. The zero-order valence-corrected chi connectivity index (χ0v) is 15.0. The van der Waals surface area contributed by atoms with Crippen molar-refractivity contribution in [2.45, 2.75) is 43.7 Å². The molecule has 0 spiro atoms. The first-order chi connectivity index (χ1) is 12.0. The number of hydrogen-bond donors (Lipinski definition) is 2. The van der Waals surface area contributed by atoms with Crippen LogP contribution in [0.5, 0.6) is 0 Å². The monoisotopic (exact) mass is 349 g/mol. The lowest BCUT2D eigenvalue weighted by atomic mass is 9.80. The molecule has 0 aromatic carbocycles. The zero-order chi connectivity index (χ0) is 17.9. The van der Waals surface area contributed by atoms with Gasteiger partial charge in [-0.05, 0) is 32.1 Å². The third kappa shape index (κ3) is 3.95. The molecule has 1 atom stereocenters. The summed E-state index contributed by atoms with van der Waals surface area (Å²) < 4.78 is 7.04. The molecule has 138 valence electrons. The number of amides is 2. The van der Waals surface area contributed by atoms with Gasteiger partial charge in [0.1, 0.15) is 0 Å². The van der Waals surface area contributed by atoms with Crippen LogP contribution in [0.3, 0.4) is 0 Å². The van der Waals surface area contributed by atoms with Crippen LogP contribution >= 0.6 is 0 Å². The molecule has 1 saturated heterocycles. The molecule has 2 amide bonds. The van der Waals surface area contributed by atoms with E-state index in [0.717, 1.165) is 38.6 Å². The van der Waals surface area contributed by atoms with E-state index in [2.05, 4.69) is 15.6 Å². The van der Waals surface area contributed by atoms with E-state index in [1.54, 1.807) is 26.6 Å². The Morgan fingerprint density at radius 2 is 2.24 bits per heavy atom. The van der Waals surface area contributed by atoms with Gasteiger partial charge in [0.15, 0.2) is 5.82 Å². The summed E-state index contributed by atoms with van der Waals surface area (Å²) in [5, 5.41) is 5.94. The molecule has 2 fully saturated rings. The minimum Gasteiger partial charge on any atom is -0.376 e. The highest BCUT2D eigenvalue weighted by Gasteiger charge is 2.37. The molecule has 0 bridgehead atoms. The van der Waals surface area contributed by atoms with E-state index in [9.17, 15) is 9.59 Å². The first kappa shape index (κ1) is 17.7. The number of anilines is 1. The van der Waals surface area contributed by atoms with Gasteiger partial charge in [-0.25, -0.2) is 9.78 Å². The predicted octanol–water partition coefficient (Wildman–Crippen LogP) is 0.617. The number of piperidine rings is 1. The Morgan fingerprint density at radius 3 is 2.92 bits per heavy atom. The molecule has 1 aromatic heterocycles. The van der Waals surface area contributed by atoms with Crippen LogP contribution < -0.4 is 21.1 Å². The van der Waals surface area contributed by atoms with Gasteiger partial charge in [0, 0.05) is 52.2 Å². The van der Waals surface area contributed by atoms with Crippen molar-refractivity contribution in [2.75, 3.05) is 31.6 Å². The summed E-state index contributed by atoms with van der Waals surface area (Å²) in [5.74, 6) is 0.449. The number of ether oxygens (including phenoxy) is 1. The maximum absolute atomic E-state index is 12.2. The Kier molecular flexibility index (Phi) is 5.27. The standard InChI is InChI=1S/C17H27N5O3/c1-21-10-8-18-14(15(21)23)22-9-3-5-13(11-22)20-16(24)19-12-17(25-2)6-4-7-17/h8,10,13H,3-7,9,11-12H2,1-2H3,(H2,19,20,24)/t13-/m1/s1. The lowest BCUT2D eigenvalue weighted by Gasteiger charge is -2.40. The van der Waals surface area contributed by atoms with Gasteiger partial charge in [0.25, 0.3) is 5.56 Å². The van der Waals surface area contributed by atoms with Crippen LogP contribution in [0.2, 0.25) is 0 Å². The number of rotatable bonds is 5. The van der Waals surface area contributed by atoms with Crippen LogP contribution in [0.1, 0.15) is 32.1 Å². The van der Waals surface area contributed by atoms with E-state index in [1.165, 1.54) is 4.57 Å². The molecule has 1 aliphatic carbocycles. The molecule has 1 aliphatic heterocycles. The van der Waals surface area contributed by atoms with E-state index in [4.69, 9.17) is 4.74 Å². The molecule has 8 heteroatoms. The van der Waals surface area contributed by atoms with Gasteiger partial charge < -0.3 is 24.8 Å². The molecule has 2 N–H and O–H groups in total. The SMILES string of the molecule is COC1(CNC(=O)N[C@@H]2CCCN(c3nccn(C)c3=O)C2)CCC1. The molecule has 2 heterocycles. The number of methoxy groups -OCH3 is 1. The number of nitrogens with one attached hydrogen (secondary N) is 2. The molecular weight excluding hydrogens is 322 g/mol. The molecule has 0 radical (unpaired) electrons. The number of aryl methyl sites for hydroxylation is 1. The Morgan fingerprint density at radius 1 is 1.44 bits per heavy atom. The minimum absolute atomic E-state index is 0.000322. The summed E-state index contributed by atoms with van der Waals surface area (Å²) in [6, 6.07) is -0.176. The van der Waals surface area contributed by atoms with Gasteiger partial charge in [-0.2, -0.15) is 0 Å². The number of carbonyl (C=O) groups excluding carboxylic acids is 1. The van der Waals surface area contributed by atoms with Gasteiger partial charge in [-0.3, -0.25) is 4.79 Å². The molecule has 8 nitrogen and oxygen atoms in total. The summed E-state index contributed by atoms with van der Waals surface area (Å²) in [6.45, 7) is 1.90. The number of urea groups is 1. The first-order valence-corrected chi connectivity index (χ1v) is 8.89. The molecule has 1 saturated carbocycles. The second-order valence-corrected chi connectivity index (χ2v) is 7.02. The average Bonchev–Trinajstić information content (AvgIpc) is 2.57. The fourth-order valence-corrected chi connectivity index (χ4v) is 3.49. The van der Waals surface area contributed by atoms with E-state index in [-0.39, 0.29) is 23.2 Å². The Hall–Kier alpha value is -2.09. The van der Waals surface area contributed by atoms with E-state index in [0.29, 0.717) is 18.9 Å². The third-order valence-corrected chi connectivity index (χ3v) is 5.32. The molecular formula is C17H27N5O3. The number of nitrogens with zero attached hydrogens (tertiary/aromatic N) is 3. The highest BCUT2D eigenvalue weighted by Crippen LogP contribution is 2.34. The van der Waals surface area contributed by atoms with Crippen molar-refractivity contribution in [3.05, 3.63) is 22.7 Å². The smallest absolute Gasteiger partial charge is 0.315 e. The Balaban J connectivity index is 1.54. The summed E-state index contributed by atoms with van der Waals surface area (Å²) >= 11 is 0. The summed E-state index contributed by atoms with van der Waals surface area (Å²) in [5.41, 5.74) is -0.296. The number of carbonyl (C=O) groups is 1. The van der Waals surface area contributed by atoms with Crippen LogP contribution in [0.15, 0.2) is 17.2 Å². The molecule has 2 aliphatic rings. The van der Waals surface area contributed by atoms with Crippen LogP contribution in [0.25, 0.3) is 0 Å². The molecule has 1 aromatic rings. The lowest BCUT2D eigenvalue weighted by molar-refractivity contribution is -0.0674. The van der Waals surface area contributed by atoms with E-state index < -0.39 is 0 Å². The van der Waals surface area contributed by atoms with Gasteiger partial charge >= 0.3 is 6.03 Å². The van der Waals surface area contributed by atoms with E-state index >= 15 is 0 Å². The zero-order valence-electron chi connectivity index (χ0n) is 15.0. The normalized spacial score (nSPS) is 22.2. The van der Waals surface area contributed by atoms with Crippen molar-refractivity contribution >= 4 is 11.8 Å². The number of hydrogen-bond acceptors (Lipinski definition) is 5. The first-order valence-electron chi connectivity index (χ1n) is 8.89. The van der Waals surface area contributed by atoms with Crippen LogP contribution in [0, 0.1) is 0 Å². The Labute approximate surface area is 147 Å². The minimum atomic E-state index is -0.184. The Bertz CT molecular complexity index is 665. The van der Waals surface area contributed by atoms with E-state index in [1.807, 2.05) is 4.90 Å². The van der Waals surface area contributed by atoms with Crippen molar-refractivity contribution in [3.63, 3.8) is 0 Å². The fourth-order valence-electron chi connectivity index (χ4n) is 3.49. The average molecular weight is 349 g/mol. The third-order valence-electron chi connectivity index (χ3n) is 5.32. The topological polar surface area (TPSA) is 88.5 Å². The van der Waals surface area contributed by atoms with Crippen molar-refractivity contribution in [1.29, 1.82) is 0 Å². The van der Waals surface area contributed by atoms with Gasteiger partial charge in [0.2, 0.25) is 0 Å². The van der Waals surface area contributed by atoms with Gasteiger partial charge in [-0.1, -0.05) is 0 Å². The number of aromatic nitrogens is 2. The van der Waals surface area contributed by atoms with Crippen molar-refractivity contribution in [3.8, 4) is 0 Å². The predicted molar refractivity (Wildman–Crippen MR) is 94.8 cm³/mol. The van der Waals surface area contributed by atoms with Crippen molar-refractivity contribution in [2.24, 2.45) is 7.05 Å². The highest BCUT2D eigenvalue weighted by atomic mass is 16.5. The van der Waals surface area contributed by atoms with Crippen LogP contribution in [0.4, 0.5) is 10.6 Å². The quantitative estimate of drug-likeness (QED) is 0.813. The maximum Gasteiger partial charge on any atom is 0.315 e. The largest absolute Gasteiger partial charge is 0.376 e. The highest BCUT2D eigenvalue weighted by molar-refractivity contribution is 5.74. The summed E-state index contributed by atoms with van der Waals surface area (Å²) in [4.78, 5) is 30.6. The van der Waals surface area contributed by atoms with Crippen LogP contribution in [-0.4, -0.2) is 54.0 Å².